The summed E-state index contributed by atoms with van der Waals surface area (Å²) in [6.45, 7) is 0. The smallest absolute Gasteiger partial charge is 0.240 e. The van der Waals surface area contributed by atoms with E-state index in [0.29, 0.717) is 22.9 Å². The summed E-state index contributed by atoms with van der Waals surface area (Å²) in [6.07, 6.45) is 3.87. The lowest BCUT2D eigenvalue weighted by Gasteiger charge is -1.99. The Hall–Kier alpha value is -2.35. The Morgan fingerprint density at radius 3 is 3.00 bits per heavy atom. The van der Waals surface area contributed by atoms with Crippen molar-refractivity contribution >= 4 is 29.8 Å². The van der Waals surface area contributed by atoms with E-state index in [1.54, 1.807) is 6.21 Å². The summed E-state index contributed by atoms with van der Waals surface area (Å²) < 4.78 is 0. The van der Waals surface area contributed by atoms with Crippen LogP contribution in [0.3, 0.4) is 0 Å². The van der Waals surface area contributed by atoms with Gasteiger partial charge < -0.3 is 5.32 Å². The van der Waals surface area contributed by atoms with Crippen LogP contribution in [-0.2, 0) is 4.79 Å². The van der Waals surface area contributed by atoms with Crippen LogP contribution < -0.4 is 10.7 Å². The first-order valence-corrected chi connectivity index (χ1v) is 7.97. The number of rotatable bonds is 7. The van der Waals surface area contributed by atoms with Gasteiger partial charge in [0, 0.05) is 6.04 Å². The van der Waals surface area contributed by atoms with Gasteiger partial charge in [-0.15, -0.1) is 5.10 Å². The predicted octanol–water partition coefficient (Wildman–Crippen LogP) is 1.62. The number of nitrogens with one attached hydrogen (secondary N) is 3. The first-order chi connectivity index (χ1) is 10.8. The number of anilines is 1. The Morgan fingerprint density at radius 1 is 1.41 bits per heavy atom. The van der Waals surface area contributed by atoms with Gasteiger partial charge in [-0.25, -0.2) is 10.5 Å². The van der Waals surface area contributed by atoms with Gasteiger partial charge in [-0.2, -0.15) is 10.1 Å². The van der Waals surface area contributed by atoms with Crippen LogP contribution in [0, 0.1) is 0 Å². The van der Waals surface area contributed by atoms with Gasteiger partial charge in [0.25, 0.3) is 0 Å². The molecule has 1 amide bonds. The number of amides is 1. The number of benzene rings is 1. The molecule has 0 bridgehead atoms. The molecule has 0 aliphatic heterocycles. The van der Waals surface area contributed by atoms with Crippen LogP contribution in [0.1, 0.15) is 18.4 Å². The predicted molar refractivity (Wildman–Crippen MR) is 85.9 cm³/mol. The summed E-state index contributed by atoms with van der Waals surface area (Å²) in [4.78, 5) is 15.8. The maximum Gasteiger partial charge on any atom is 0.240 e. The number of nitrogens with zero attached hydrogens (tertiary/aromatic N) is 3. The van der Waals surface area contributed by atoms with Gasteiger partial charge >= 0.3 is 0 Å². The van der Waals surface area contributed by atoms with Gasteiger partial charge in [0.1, 0.15) is 0 Å². The summed E-state index contributed by atoms with van der Waals surface area (Å²) in [5.41, 5.74) is 3.76. The average molecular weight is 316 g/mol. The summed E-state index contributed by atoms with van der Waals surface area (Å²) in [5.74, 6) is 0.785. The highest BCUT2D eigenvalue weighted by atomic mass is 32.2. The average Bonchev–Trinajstić information content (AvgIpc) is 3.23. The molecule has 1 aliphatic rings. The van der Waals surface area contributed by atoms with E-state index >= 15 is 0 Å². The lowest BCUT2D eigenvalue weighted by atomic mass is 10.2. The minimum atomic E-state index is 0.0221. The van der Waals surface area contributed by atoms with Gasteiger partial charge in [-0.05, 0) is 18.4 Å². The van der Waals surface area contributed by atoms with Crippen molar-refractivity contribution in [3.8, 4) is 0 Å². The number of thioether (sulfide) groups is 1. The fourth-order valence-electron chi connectivity index (χ4n) is 1.70. The number of aromatic nitrogens is 3. The van der Waals surface area contributed by atoms with Crippen LogP contribution in [-0.4, -0.2) is 39.1 Å². The zero-order chi connectivity index (χ0) is 15.2. The molecule has 0 radical (unpaired) electrons. The lowest BCUT2D eigenvalue weighted by Crippen LogP contribution is -2.27. The molecule has 8 heteroatoms. The van der Waals surface area contributed by atoms with Crippen molar-refractivity contribution in [2.24, 2.45) is 5.10 Å². The first-order valence-electron chi connectivity index (χ1n) is 6.98. The zero-order valence-electron chi connectivity index (χ0n) is 11.8. The third kappa shape index (κ3) is 4.59. The molecule has 1 aromatic heterocycles. The zero-order valence-corrected chi connectivity index (χ0v) is 12.6. The normalized spacial score (nSPS) is 14.2. The maximum absolute atomic E-state index is 11.6. The minimum Gasteiger partial charge on any atom is -0.353 e. The standard InChI is InChI=1S/C14H16N6OS/c21-12(16-11-6-7-11)9-22-14-17-13(19-20-14)18-15-8-10-4-2-1-3-5-10/h1-5,8,11H,6-7,9H2,(H,16,21)(H2,17,18,19,20)/b15-8-. The molecular formula is C14H16N6OS. The highest BCUT2D eigenvalue weighted by Crippen LogP contribution is 2.19. The molecule has 0 unspecified atom stereocenters. The van der Waals surface area contributed by atoms with Crippen molar-refractivity contribution in [1.82, 2.24) is 20.5 Å². The molecule has 1 heterocycles. The Labute approximate surface area is 132 Å². The molecule has 7 nitrogen and oxygen atoms in total. The summed E-state index contributed by atoms with van der Waals surface area (Å²) in [5, 5.41) is 14.3. The molecule has 1 saturated carbocycles. The first kappa shape index (κ1) is 14.6. The van der Waals surface area contributed by atoms with E-state index in [0.717, 1.165) is 18.4 Å². The van der Waals surface area contributed by atoms with Crippen molar-refractivity contribution in [1.29, 1.82) is 0 Å². The largest absolute Gasteiger partial charge is 0.353 e. The molecule has 1 fully saturated rings. The van der Waals surface area contributed by atoms with Crippen LogP contribution >= 0.6 is 11.8 Å². The van der Waals surface area contributed by atoms with Gasteiger partial charge in [0.15, 0.2) is 0 Å². The van der Waals surface area contributed by atoms with E-state index in [1.165, 1.54) is 11.8 Å². The molecule has 3 N–H and O–H groups in total. The number of hydrogen-bond donors (Lipinski definition) is 3. The highest BCUT2D eigenvalue weighted by molar-refractivity contribution is 7.99. The molecular weight excluding hydrogens is 300 g/mol. The molecule has 0 saturated heterocycles. The van der Waals surface area contributed by atoms with Crippen molar-refractivity contribution in [2.45, 2.75) is 24.0 Å². The van der Waals surface area contributed by atoms with Crippen molar-refractivity contribution < 1.29 is 4.79 Å². The molecule has 1 aromatic carbocycles. The van der Waals surface area contributed by atoms with Crippen LogP contribution in [0.4, 0.5) is 5.95 Å². The Kier molecular flexibility index (Phi) is 4.69. The fourth-order valence-corrected chi connectivity index (χ4v) is 2.30. The lowest BCUT2D eigenvalue weighted by molar-refractivity contribution is -0.118. The minimum absolute atomic E-state index is 0.0221. The molecule has 2 aromatic rings. The fraction of sp³-hybridized carbons (Fsp3) is 0.286. The van der Waals surface area contributed by atoms with Crippen LogP contribution in [0.25, 0.3) is 0 Å². The van der Waals surface area contributed by atoms with Crippen LogP contribution in [0.15, 0.2) is 40.6 Å². The monoisotopic (exact) mass is 316 g/mol. The summed E-state index contributed by atoms with van der Waals surface area (Å²) in [7, 11) is 0. The quantitative estimate of drug-likeness (QED) is 0.410. The van der Waals surface area contributed by atoms with Crippen molar-refractivity contribution in [3.63, 3.8) is 0 Å². The van der Waals surface area contributed by atoms with Gasteiger partial charge in [-0.3, -0.25) is 4.79 Å². The van der Waals surface area contributed by atoms with Crippen molar-refractivity contribution in [2.75, 3.05) is 11.2 Å². The van der Waals surface area contributed by atoms with E-state index in [2.05, 4.69) is 31.0 Å². The van der Waals surface area contributed by atoms with E-state index < -0.39 is 0 Å². The third-order valence-corrected chi connectivity index (χ3v) is 3.77. The number of hydrogen-bond acceptors (Lipinski definition) is 6. The summed E-state index contributed by atoms with van der Waals surface area (Å²) in [6, 6.07) is 10.1. The topological polar surface area (TPSA) is 95.1 Å². The van der Waals surface area contributed by atoms with E-state index in [4.69, 9.17) is 0 Å². The van der Waals surface area contributed by atoms with Gasteiger partial charge in [-0.1, -0.05) is 42.1 Å². The van der Waals surface area contributed by atoms with E-state index in [-0.39, 0.29) is 5.91 Å². The van der Waals surface area contributed by atoms with Crippen LogP contribution in [0.2, 0.25) is 0 Å². The number of carbonyl (C=O) groups excluding carboxylic acids is 1. The second kappa shape index (κ2) is 7.08. The van der Waals surface area contributed by atoms with Crippen molar-refractivity contribution in [3.05, 3.63) is 35.9 Å². The highest BCUT2D eigenvalue weighted by Gasteiger charge is 2.23. The molecule has 3 rings (SSSR count). The SMILES string of the molecule is O=C(CSc1n[nH]c(N/N=C\c2ccccc2)n1)NC1CC1. The molecule has 114 valence electrons. The number of aromatic amines is 1. The second-order valence-corrected chi connectivity index (χ2v) is 5.82. The number of hydrazone groups is 1. The third-order valence-electron chi connectivity index (χ3n) is 2.92. The molecule has 0 spiro atoms. The van der Waals surface area contributed by atoms with E-state index in [1.807, 2.05) is 30.3 Å². The summed E-state index contributed by atoms with van der Waals surface area (Å²) >= 11 is 1.29. The van der Waals surface area contributed by atoms with E-state index in [9.17, 15) is 4.79 Å². The maximum atomic E-state index is 11.6. The van der Waals surface area contributed by atoms with Gasteiger partial charge in [0.05, 0.1) is 12.0 Å². The Morgan fingerprint density at radius 2 is 2.23 bits per heavy atom. The molecule has 22 heavy (non-hydrogen) atoms. The van der Waals surface area contributed by atoms with Crippen LogP contribution in [0.5, 0.6) is 0 Å². The number of carbonyl (C=O) groups is 1. The second-order valence-electron chi connectivity index (χ2n) is 4.88. The Bertz CT molecular complexity index is 652. The molecule has 1 aliphatic carbocycles. The Balaban J connectivity index is 1.44. The molecule has 0 atom stereocenters. The number of H-pyrrole nitrogens is 1. The van der Waals surface area contributed by atoms with Gasteiger partial charge in [0.2, 0.25) is 17.0 Å².